The quantitative estimate of drug-likeness (QED) is 0.232. The number of rotatable bonds is 13. The summed E-state index contributed by atoms with van der Waals surface area (Å²) in [6.45, 7) is 12.1. The Labute approximate surface area is 184 Å². The molecule has 0 aromatic heterocycles. The van der Waals surface area contributed by atoms with E-state index < -0.39 is 54.0 Å². The van der Waals surface area contributed by atoms with Crippen molar-refractivity contribution in [3.05, 3.63) is 0 Å². The molecule has 31 heavy (non-hydrogen) atoms. The van der Waals surface area contributed by atoms with Gasteiger partial charge in [-0.3, -0.25) is 14.4 Å². The lowest BCUT2D eigenvalue weighted by Crippen LogP contribution is -2.61. The fourth-order valence-electron chi connectivity index (χ4n) is 2.87. The van der Waals surface area contributed by atoms with Crippen LogP contribution >= 0.6 is 0 Å². The molecule has 10 nitrogen and oxygen atoms in total. The van der Waals surface area contributed by atoms with Gasteiger partial charge >= 0.3 is 5.97 Å². The highest BCUT2D eigenvalue weighted by Gasteiger charge is 2.35. The maximum Gasteiger partial charge on any atom is 0.328 e. The fraction of sp³-hybridized carbons (Fsp3) is 0.810. The number of carbonyl (C=O) groups is 4. The smallest absolute Gasteiger partial charge is 0.328 e. The van der Waals surface area contributed by atoms with Gasteiger partial charge in [0.25, 0.3) is 0 Å². The zero-order chi connectivity index (χ0) is 24.5. The Morgan fingerprint density at radius 2 is 1.16 bits per heavy atom. The van der Waals surface area contributed by atoms with Crippen LogP contribution in [0, 0.1) is 17.8 Å². The number of carbonyl (C=O) groups excluding carboxylic acids is 3. The van der Waals surface area contributed by atoms with Crippen LogP contribution in [0.3, 0.4) is 0 Å². The second-order valence-electron chi connectivity index (χ2n) is 8.58. The van der Waals surface area contributed by atoms with E-state index in [1.165, 1.54) is 6.92 Å². The van der Waals surface area contributed by atoms with Crippen molar-refractivity contribution >= 4 is 23.7 Å². The van der Waals surface area contributed by atoms with Crippen LogP contribution in [0.1, 0.15) is 61.3 Å². The zero-order valence-corrected chi connectivity index (χ0v) is 19.6. The van der Waals surface area contributed by atoms with Gasteiger partial charge in [0.1, 0.15) is 12.1 Å². The molecular formula is C21H40N4O6. The number of carboxylic acid groups (broad SMARTS) is 1. The Balaban J connectivity index is 5.51. The first-order valence-electron chi connectivity index (χ1n) is 10.9. The van der Waals surface area contributed by atoms with E-state index in [1.807, 2.05) is 20.8 Å². The lowest BCUT2D eigenvalue weighted by Gasteiger charge is -2.30. The summed E-state index contributed by atoms with van der Waals surface area (Å²) in [5, 5.41) is 26.4. The minimum absolute atomic E-state index is 0.0664. The summed E-state index contributed by atoms with van der Waals surface area (Å²) in [4.78, 5) is 49.5. The Kier molecular flexibility index (Phi) is 12.3. The van der Waals surface area contributed by atoms with Crippen molar-refractivity contribution in [1.82, 2.24) is 16.0 Å². The van der Waals surface area contributed by atoms with Crippen LogP contribution in [0.25, 0.3) is 0 Å². The number of amides is 3. The predicted molar refractivity (Wildman–Crippen MR) is 117 cm³/mol. The van der Waals surface area contributed by atoms with Crippen LogP contribution < -0.4 is 21.7 Å². The first-order chi connectivity index (χ1) is 14.3. The summed E-state index contributed by atoms with van der Waals surface area (Å²) in [5.74, 6) is -3.79. The Bertz CT molecular complexity index is 625. The Morgan fingerprint density at radius 3 is 1.55 bits per heavy atom. The van der Waals surface area contributed by atoms with Crippen LogP contribution in [-0.4, -0.2) is 64.2 Å². The van der Waals surface area contributed by atoms with E-state index in [4.69, 9.17) is 5.73 Å². The van der Waals surface area contributed by atoms with Gasteiger partial charge in [-0.2, -0.15) is 0 Å². The fourth-order valence-corrected chi connectivity index (χ4v) is 2.87. The minimum Gasteiger partial charge on any atom is -0.480 e. The molecule has 0 aromatic rings. The van der Waals surface area contributed by atoms with E-state index in [-0.39, 0.29) is 17.8 Å². The molecule has 3 amide bonds. The van der Waals surface area contributed by atoms with Gasteiger partial charge in [0.05, 0.1) is 12.1 Å². The largest absolute Gasteiger partial charge is 0.480 e. The molecule has 10 heteroatoms. The molecule has 0 saturated carbocycles. The van der Waals surface area contributed by atoms with E-state index in [1.54, 1.807) is 20.8 Å². The van der Waals surface area contributed by atoms with Crippen molar-refractivity contribution in [3.8, 4) is 0 Å². The lowest BCUT2D eigenvalue weighted by atomic mass is 9.94. The van der Waals surface area contributed by atoms with Crippen molar-refractivity contribution in [3.63, 3.8) is 0 Å². The summed E-state index contributed by atoms with van der Waals surface area (Å²) >= 11 is 0. The summed E-state index contributed by atoms with van der Waals surface area (Å²) in [6.07, 6.45) is -0.0177. The second kappa shape index (κ2) is 13.3. The van der Waals surface area contributed by atoms with Gasteiger partial charge in [-0.1, -0.05) is 54.4 Å². The highest BCUT2D eigenvalue weighted by molar-refractivity contribution is 5.94. The van der Waals surface area contributed by atoms with Crippen molar-refractivity contribution in [2.24, 2.45) is 23.5 Å². The van der Waals surface area contributed by atoms with Gasteiger partial charge in [0.2, 0.25) is 17.7 Å². The van der Waals surface area contributed by atoms with Crippen LogP contribution in [0.4, 0.5) is 0 Å². The molecule has 0 rings (SSSR count). The van der Waals surface area contributed by atoms with Crippen molar-refractivity contribution in [2.75, 3.05) is 0 Å². The highest BCUT2D eigenvalue weighted by atomic mass is 16.4. The summed E-state index contributed by atoms with van der Waals surface area (Å²) in [7, 11) is 0. The van der Waals surface area contributed by atoms with E-state index >= 15 is 0 Å². The molecule has 0 fully saturated rings. The maximum atomic E-state index is 13.0. The van der Waals surface area contributed by atoms with Crippen molar-refractivity contribution < 1.29 is 29.4 Å². The van der Waals surface area contributed by atoms with Crippen LogP contribution in [-0.2, 0) is 19.2 Å². The molecule has 0 heterocycles. The van der Waals surface area contributed by atoms with E-state index in [9.17, 15) is 29.4 Å². The number of hydrogen-bond acceptors (Lipinski definition) is 6. The van der Waals surface area contributed by atoms with E-state index in [0.717, 1.165) is 0 Å². The Morgan fingerprint density at radius 1 is 0.742 bits per heavy atom. The van der Waals surface area contributed by atoms with Gasteiger partial charge in [-0.05, 0) is 24.7 Å². The topological polar surface area (TPSA) is 171 Å². The number of carboxylic acids is 1. The molecule has 7 N–H and O–H groups in total. The van der Waals surface area contributed by atoms with Gasteiger partial charge in [0, 0.05) is 0 Å². The first kappa shape index (κ1) is 28.8. The lowest BCUT2D eigenvalue weighted by molar-refractivity contribution is -0.145. The third kappa shape index (κ3) is 8.82. The predicted octanol–water partition coefficient (Wildman–Crippen LogP) is -0.0183. The molecule has 0 aliphatic carbocycles. The average Bonchev–Trinajstić information content (AvgIpc) is 2.70. The summed E-state index contributed by atoms with van der Waals surface area (Å²) in [5.41, 5.74) is 5.98. The first-order valence-corrected chi connectivity index (χ1v) is 10.9. The third-order valence-electron chi connectivity index (χ3n) is 5.65. The van der Waals surface area contributed by atoms with Gasteiger partial charge in [-0.15, -0.1) is 0 Å². The molecule has 0 radical (unpaired) electrons. The molecular weight excluding hydrogens is 404 g/mol. The number of nitrogens with two attached hydrogens (primary N) is 1. The zero-order valence-electron chi connectivity index (χ0n) is 19.6. The van der Waals surface area contributed by atoms with Crippen LogP contribution in [0.2, 0.25) is 0 Å². The molecule has 0 spiro atoms. The minimum atomic E-state index is -1.51. The van der Waals surface area contributed by atoms with Gasteiger partial charge in [0.15, 0.2) is 6.04 Å². The van der Waals surface area contributed by atoms with Crippen LogP contribution in [0.5, 0.6) is 0 Å². The highest BCUT2D eigenvalue weighted by Crippen LogP contribution is 2.12. The maximum absolute atomic E-state index is 13.0. The number of aliphatic carboxylic acids is 1. The molecule has 180 valence electrons. The number of aliphatic hydroxyl groups excluding tert-OH is 1. The monoisotopic (exact) mass is 444 g/mol. The number of aliphatic hydroxyl groups is 1. The molecule has 0 aromatic carbocycles. The van der Waals surface area contributed by atoms with Crippen molar-refractivity contribution in [2.45, 2.75) is 91.6 Å². The number of nitrogens with one attached hydrogen (secondary N) is 3. The van der Waals surface area contributed by atoms with Crippen molar-refractivity contribution in [1.29, 1.82) is 0 Å². The van der Waals surface area contributed by atoms with Crippen LogP contribution in [0.15, 0.2) is 0 Å². The average molecular weight is 445 g/mol. The third-order valence-corrected chi connectivity index (χ3v) is 5.65. The normalized spacial score (nSPS) is 18.1. The standard InChI is InChI=1S/C21H40N4O6/c1-8-11(5)14(22)18(27)24-16(12(6)9-2)20(29)23-15(10(3)4)19(28)25-17(13(7)26)21(30)31/h10-17,26H,8-9,22H2,1-7H3,(H,23,29)(H,24,27)(H,25,28)(H,30,31). The van der Waals surface area contributed by atoms with E-state index in [2.05, 4.69) is 16.0 Å². The van der Waals surface area contributed by atoms with Gasteiger partial charge in [-0.25, -0.2) is 4.79 Å². The molecule has 7 atom stereocenters. The van der Waals surface area contributed by atoms with Gasteiger partial charge < -0.3 is 31.9 Å². The van der Waals surface area contributed by atoms with E-state index in [0.29, 0.717) is 12.8 Å². The molecule has 7 unspecified atom stereocenters. The molecule has 0 bridgehead atoms. The summed E-state index contributed by atoms with van der Waals surface area (Å²) in [6, 6.07) is -4.24. The SMILES string of the molecule is CCC(C)C(N)C(=O)NC(C(=O)NC(C(=O)NC(C(=O)O)C(C)O)C(C)C)C(C)CC. The number of hydrogen-bond donors (Lipinski definition) is 6. The molecule has 0 saturated heterocycles. The Hall–Kier alpha value is -2.20. The molecule has 0 aliphatic rings. The molecule has 0 aliphatic heterocycles. The second-order valence-corrected chi connectivity index (χ2v) is 8.58. The summed E-state index contributed by atoms with van der Waals surface area (Å²) < 4.78 is 0.